The van der Waals surface area contributed by atoms with Gasteiger partial charge in [0.1, 0.15) is 6.04 Å². The second kappa shape index (κ2) is 6.13. The molecule has 3 nitrogen and oxygen atoms in total. The molecule has 1 aromatic carbocycles. The number of nitrogens with one attached hydrogen (secondary N) is 1. The molecule has 1 heterocycles. The Labute approximate surface area is 126 Å². The summed E-state index contributed by atoms with van der Waals surface area (Å²) in [6, 6.07) is 2.76. The topological polar surface area (TPSA) is 32.3 Å². The highest BCUT2D eigenvalue weighted by Gasteiger charge is 2.34. The molecule has 7 heteroatoms. The van der Waals surface area contributed by atoms with Gasteiger partial charge in [0.05, 0.1) is 5.56 Å². The van der Waals surface area contributed by atoms with Gasteiger partial charge in [-0.05, 0) is 38.0 Å². The summed E-state index contributed by atoms with van der Waals surface area (Å²) in [4.78, 5) is 13.8. The van der Waals surface area contributed by atoms with Crippen molar-refractivity contribution in [1.29, 1.82) is 0 Å². The van der Waals surface area contributed by atoms with Gasteiger partial charge in [-0.15, -0.1) is 0 Å². The van der Waals surface area contributed by atoms with Gasteiger partial charge in [0.25, 0.3) is 0 Å². The van der Waals surface area contributed by atoms with Gasteiger partial charge in [-0.3, -0.25) is 4.79 Å². The summed E-state index contributed by atoms with van der Waals surface area (Å²) in [7, 11) is 0. The Hall–Kier alpha value is -1.43. The van der Waals surface area contributed by atoms with Crippen molar-refractivity contribution in [2.45, 2.75) is 32.0 Å². The predicted molar refractivity (Wildman–Crippen MR) is 75.4 cm³/mol. The third kappa shape index (κ3) is 3.81. The van der Waals surface area contributed by atoms with Crippen molar-refractivity contribution >= 4 is 23.2 Å². The van der Waals surface area contributed by atoms with Crippen LogP contribution < -0.4 is 5.32 Å². The standard InChI is InChI=1S/C14H16ClF3N2O/c1-9(13(21)20-6-2-3-7-20)19-12-5-4-10(15)8-11(12)14(16,17)18/h4-5,8-9,19H,2-3,6-7H2,1H3. The van der Waals surface area contributed by atoms with E-state index in [0.29, 0.717) is 13.1 Å². The fourth-order valence-corrected chi connectivity index (χ4v) is 2.56. The van der Waals surface area contributed by atoms with Gasteiger partial charge in [0.2, 0.25) is 5.91 Å². The van der Waals surface area contributed by atoms with Gasteiger partial charge in [-0.25, -0.2) is 0 Å². The number of alkyl halides is 3. The maximum atomic E-state index is 13.0. The lowest BCUT2D eigenvalue weighted by molar-refractivity contribution is -0.137. The van der Waals surface area contributed by atoms with E-state index >= 15 is 0 Å². The fraction of sp³-hybridized carbons (Fsp3) is 0.500. The van der Waals surface area contributed by atoms with Crippen molar-refractivity contribution in [3.8, 4) is 0 Å². The molecule has 116 valence electrons. The van der Waals surface area contributed by atoms with Crippen molar-refractivity contribution in [2.24, 2.45) is 0 Å². The second-order valence-electron chi connectivity index (χ2n) is 5.09. The monoisotopic (exact) mass is 320 g/mol. The lowest BCUT2D eigenvalue weighted by Gasteiger charge is -2.23. The number of anilines is 1. The zero-order chi connectivity index (χ0) is 15.6. The highest BCUT2D eigenvalue weighted by Crippen LogP contribution is 2.36. The lowest BCUT2D eigenvalue weighted by atomic mass is 10.1. The molecule has 0 aliphatic carbocycles. The van der Waals surface area contributed by atoms with E-state index < -0.39 is 17.8 Å². The van der Waals surface area contributed by atoms with E-state index in [1.807, 2.05) is 0 Å². The van der Waals surface area contributed by atoms with Gasteiger partial charge in [0, 0.05) is 23.8 Å². The van der Waals surface area contributed by atoms with E-state index in [4.69, 9.17) is 11.6 Å². The highest BCUT2D eigenvalue weighted by molar-refractivity contribution is 6.30. The number of likely N-dealkylation sites (tertiary alicyclic amines) is 1. The van der Waals surface area contributed by atoms with E-state index in [9.17, 15) is 18.0 Å². The number of carbonyl (C=O) groups is 1. The molecule has 0 spiro atoms. The average Bonchev–Trinajstić information content (AvgIpc) is 2.92. The molecule has 1 amide bonds. The van der Waals surface area contributed by atoms with E-state index in [0.717, 1.165) is 18.9 Å². The molecule has 1 aromatic rings. The lowest BCUT2D eigenvalue weighted by Crippen LogP contribution is -2.40. The molecule has 1 saturated heterocycles. The first-order valence-electron chi connectivity index (χ1n) is 6.71. The zero-order valence-electron chi connectivity index (χ0n) is 11.5. The normalized spacial score (nSPS) is 16.9. The first-order valence-corrected chi connectivity index (χ1v) is 7.09. The molecule has 1 unspecified atom stereocenters. The van der Waals surface area contributed by atoms with Gasteiger partial charge in [0.15, 0.2) is 0 Å². The van der Waals surface area contributed by atoms with Crippen molar-refractivity contribution < 1.29 is 18.0 Å². The van der Waals surface area contributed by atoms with Crippen LogP contribution in [0.2, 0.25) is 5.02 Å². The van der Waals surface area contributed by atoms with Crippen LogP contribution in [0.15, 0.2) is 18.2 Å². The SMILES string of the molecule is CC(Nc1ccc(Cl)cc1C(F)(F)F)C(=O)N1CCCC1. The molecule has 1 atom stereocenters. The first kappa shape index (κ1) is 15.9. The van der Waals surface area contributed by atoms with E-state index in [2.05, 4.69) is 5.32 Å². The largest absolute Gasteiger partial charge is 0.418 e. The van der Waals surface area contributed by atoms with Crippen LogP contribution in [-0.4, -0.2) is 29.9 Å². The maximum absolute atomic E-state index is 13.0. The van der Waals surface area contributed by atoms with Crippen LogP contribution in [0.25, 0.3) is 0 Å². The highest BCUT2D eigenvalue weighted by atomic mass is 35.5. The number of benzene rings is 1. The smallest absolute Gasteiger partial charge is 0.373 e. The van der Waals surface area contributed by atoms with Crippen molar-refractivity contribution in [2.75, 3.05) is 18.4 Å². The summed E-state index contributed by atoms with van der Waals surface area (Å²) in [5.41, 5.74) is -0.997. The Morgan fingerprint density at radius 3 is 2.52 bits per heavy atom. The minimum Gasteiger partial charge on any atom is -0.373 e. The van der Waals surface area contributed by atoms with Crippen molar-refractivity contribution in [3.63, 3.8) is 0 Å². The van der Waals surface area contributed by atoms with Gasteiger partial charge < -0.3 is 10.2 Å². The van der Waals surface area contributed by atoms with Crippen LogP contribution in [0.1, 0.15) is 25.3 Å². The molecular weight excluding hydrogens is 305 g/mol. The van der Waals surface area contributed by atoms with E-state index in [1.165, 1.54) is 12.1 Å². The average molecular weight is 321 g/mol. The Bertz CT molecular complexity index is 527. The quantitative estimate of drug-likeness (QED) is 0.919. The third-order valence-corrected chi connectivity index (χ3v) is 3.68. The molecule has 1 fully saturated rings. The zero-order valence-corrected chi connectivity index (χ0v) is 12.3. The number of hydrogen-bond acceptors (Lipinski definition) is 2. The summed E-state index contributed by atoms with van der Waals surface area (Å²) in [6.07, 6.45) is -2.65. The van der Waals surface area contributed by atoms with Gasteiger partial charge >= 0.3 is 6.18 Å². The summed E-state index contributed by atoms with van der Waals surface area (Å²) in [5, 5.41) is 2.66. The molecule has 1 aliphatic rings. The predicted octanol–water partition coefficient (Wildman–Crippen LogP) is 3.78. The molecule has 1 aliphatic heterocycles. The van der Waals surface area contributed by atoms with Crippen LogP contribution >= 0.6 is 11.6 Å². The van der Waals surface area contributed by atoms with Crippen LogP contribution in [-0.2, 0) is 11.0 Å². The minimum absolute atomic E-state index is 0.00592. The Balaban J connectivity index is 2.17. The van der Waals surface area contributed by atoms with Crippen LogP contribution in [0.5, 0.6) is 0 Å². The van der Waals surface area contributed by atoms with Gasteiger partial charge in [-0.2, -0.15) is 13.2 Å². The summed E-state index contributed by atoms with van der Waals surface area (Å²) >= 11 is 5.62. The number of hydrogen-bond donors (Lipinski definition) is 1. The fourth-order valence-electron chi connectivity index (χ4n) is 2.38. The Kier molecular flexibility index (Phi) is 4.66. The third-order valence-electron chi connectivity index (χ3n) is 3.45. The minimum atomic E-state index is -4.52. The van der Waals surface area contributed by atoms with Gasteiger partial charge in [-0.1, -0.05) is 11.6 Å². The Morgan fingerprint density at radius 1 is 1.33 bits per heavy atom. The molecule has 0 bridgehead atoms. The molecule has 0 aromatic heterocycles. The van der Waals surface area contributed by atoms with E-state index in [-0.39, 0.29) is 16.6 Å². The van der Waals surface area contributed by atoms with Crippen LogP contribution in [0.3, 0.4) is 0 Å². The number of halogens is 4. The number of carbonyl (C=O) groups excluding carboxylic acids is 1. The summed E-state index contributed by atoms with van der Waals surface area (Å²) in [5.74, 6) is -0.185. The first-order chi connectivity index (χ1) is 9.79. The summed E-state index contributed by atoms with van der Waals surface area (Å²) < 4.78 is 39.0. The maximum Gasteiger partial charge on any atom is 0.418 e. The molecule has 2 rings (SSSR count). The number of amides is 1. The molecule has 21 heavy (non-hydrogen) atoms. The van der Waals surface area contributed by atoms with Crippen molar-refractivity contribution in [3.05, 3.63) is 28.8 Å². The van der Waals surface area contributed by atoms with E-state index in [1.54, 1.807) is 11.8 Å². The second-order valence-corrected chi connectivity index (χ2v) is 5.52. The summed E-state index contributed by atoms with van der Waals surface area (Å²) in [6.45, 7) is 2.89. The molecular formula is C14H16ClF3N2O. The molecule has 0 radical (unpaired) electrons. The van der Waals surface area contributed by atoms with Crippen LogP contribution in [0, 0.1) is 0 Å². The molecule has 1 N–H and O–H groups in total. The number of rotatable bonds is 3. The van der Waals surface area contributed by atoms with Crippen molar-refractivity contribution in [1.82, 2.24) is 4.90 Å². The van der Waals surface area contributed by atoms with Crippen LogP contribution in [0.4, 0.5) is 18.9 Å². The number of nitrogens with zero attached hydrogens (tertiary/aromatic N) is 1. The molecule has 0 saturated carbocycles. The Morgan fingerprint density at radius 2 is 1.95 bits per heavy atom.